The Morgan fingerprint density at radius 2 is 1.55 bits per heavy atom. The van der Waals surface area contributed by atoms with E-state index in [2.05, 4.69) is 15.5 Å². The zero-order chi connectivity index (χ0) is 21.5. The van der Waals surface area contributed by atoms with Gasteiger partial charge in [-0.25, -0.2) is 0 Å². The molecule has 152 valence electrons. The number of aromatic nitrogens is 3. The Kier molecular flexibility index (Phi) is 4.68. The first-order valence-electron chi connectivity index (χ1n) is 9.93. The number of aryl methyl sites for hydroxylation is 2. The molecule has 0 saturated heterocycles. The molecular weight excluding hydrogens is 408 g/mol. The minimum atomic E-state index is -0.193. The van der Waals surface area contributed by atoms with Gasteiger partial charge in [-0.3, -0.25) is 4.79 Å². The molecule has 0 saturated carbocycles. The second-order valence-corrected chi connectivity index (χ2v) is 7.98. The third-order valence-corrected chi connectivity index (χ3v) is 5.68. The van der Waals surface area contributed by atoms with Crippen molar-refractivity contribution in [3.63, 3.8) is 0 Å². The first-order valence-corrected chi connectivity index (χ1v) is 10.3. The molecule has 5 aromatic rings. The van der Waals surface area contributed by atoms with Crippen molar-refractivity contribution in [1.82, 2.24) is 15.0 Å². The topological polar surface area (TPSA) is 59.8 Å². The lowest BCUT2D eigenvalue weighted by Gasteiger charge is -2.10. The summed E-state index contributed by atoms with van der Waals surface area (Å²) in [7, 11) is 0. The van der Waals surface area contributed by atoms with Crippen molar-refractivity contribution in [3.05, 3.63) is 94.5 Å². The molecule has 0 atom stereocenters. The van der Waals surface area contributed by atoms with Crippen LogP contribution >= 0.6 is 11.6 Å². The van der Waals surface area contributed by atoms with Gasteiger partial charge in [-0.15, -0.1) is 10.2 Å². The average Bonchev–Trinajstić information content (AvgIpc) is 3.17. The van der Waals surface area contributed by atoms with Crippen molar-refractivity contribution < 1.29 is 4.79 Å². The minimum absolute atomic E-state index is 0.193. The summed E-state index contributed by atoms with van der Waals surface area (Å²) in [6.07, 6.45) is 0. The Morgan fingerprint density at radius 3 is 2.32 bits per heavy atom. The highest BCUT2D eigenvalue weighted by molar-refractivity contribution is 6.36. The minimum Gasteiger partial charge on any atom is -0.322 e. The van der Waals surface area contributed by atoms with Crippen molar-refractivity contribution in [2.45, 2.75) is 13.8 Å². The highest BCUT2D eigenvalue weighted by Crippen LogP contribution is 2.28. The van der Waals surface area contributed by atoms with Crippen molar-refractivity contribution >= 4 is 45.0 Å². The number of benzene rings is 4. The lowest BCUT2D eigenvalue weighted by atomic mass is 10.0. The molecule has 1 N–H and O–H groups in total. The smallest absolute Gasteiger partial charge is 0.256 e. The summed E-state index contributed by atoms with van der Waals surface area (Å²) < 4.78 is 0. The summed E-state index contributed by atoms with van der Waals surface area (Å²) in [5.41, 5.74) is 5.73. The molecule has 0 radical (unpaired) electrons. The van der Waals surface area contributed by atoms with Gasteiger partial charge in [0.15, 0.2) is 0 Å². The van der Waals surface area contributed by atoms with Crippen LogP contribution in [0.3, 0.4) is 0 Å². The quantitative estimate of drug-likeness (QED) is 0.379. The number of rotatable bonds is 3. The lowest BCUT2D eigenvalue weighted by molar-refractivity contribution is 0.102. The van der Waals surface area contributed by atoms with Gasteiger partial charge in [0.25, 0.3) is 5.91 Å². The first-order chi connectivity index (χ1) is 15.0. The van der Waals surface area contributed by atoms with Crippen LogP contribution in [0.5, 0.6) is 0 Å². The van der Waals surface area contributed by atoms with E-state index in [1.807, 2.05) is 80.6 Å². The van der Waals surface area contributed by atoms with Gasteiger partial charge in [0.2, 0.25) is 0 Å². The molecule has 31 heavy (non-hydrogen) atoms. The van der Waals surface area contributed by atoms with Crippen molar-refractivity contribution in [3.8, 4) is 5.69 Å². The van der Waals surface area contributed by atoms with E-state index in [-0.39, 0.29) is 5.91 Å². The first kappa shape index (κ1) is 19.3. The Balaban J connectivity index is 1.51. The van der Waals surface area contributed by atoms with E-state index in [0.29, 0.717) is 21.8 Å². The van der Waals surface area contributed by atoms with E-state index in [9.17, 15) is 4.79 Å². The number of nitrogens with zero attached hydrogens (tertiary/aromatic N) is 3. The number of fused-ring (bicyclic) bond motifs is 2. The second kappa shape index (κ2) is 7.52. The Labute approximate surface area is 184 Å². The molecule has 0 aliphatic heterocycles. The van der Waals surface area contributed by atoms with Crippen LogP contribution in [0, 0.1) is 13.8 Å². The average molecular weight is 427 g/mol. The van der Waals surface area contributed by atoms with Gasteiger partial charge >= 0.3 is 0 Å². The van der Waals surface area contributed by atoms with Crippen LogP contribution in [-0.2, 0) is 0 Å². The predicted molar refractivity (Wildman–Crippen MR) is 125 cm³/mol. The molecule has 1 aromatic heterocycles. The Bertz CT molecular complexity index is 1450. The normalized spacial score (nSPS) is 11.2. The van der Waals surface area contributed by atoms with E-state index in [1.165, 1.54) is 5.56 Å². The van der Waals surface area contributed by atoms with Gasteiger partial charge in [0.1, 0.15) is 11.0 Å². The van der Waals surface area contributed by atoms with E-state index in [4.69, 9.17) is 11.6 Å². The summed E-state index contributed by atoms with van der Waals surface area (Å²) in [5, 5.41) is 14.5. The highest BCUT2D eigenvalue weighted by Gasteiger charge is 2.14. The summed E-state index contributed by atoms with van der Waals surface area (Å²) in [5.74, 6) is -0.193. The van der Waals surface area contributed by atoms with Gasteiger partial charge in [-0.2, -0.15) is 4.80 Å². The molecule has 4 aromatic carbocycles. The molecule has 6 heteroatoms. The number of carbonyl (C=O) groups is 1. The molecule has 0 bridgehead atoms. The van der Waals surface area contributed by atoms with Crippen LogP contribution in [-0.4, -0.2) is 20.9 Å². The highest BCUT2D eigenvalue weighted by atomic mass is 35.5. The molecular formula is C25H19ClN4O. The molecule has 5 nitrogen and oxygen atoms in total. The van der Waals surface area contributed by atoms with Gasteiger partial charge in [-0.05, 0) is 61.2 Å². The summed E-state index contributed by atoms with van der Waals surface area (Å²) in [4.78, 5) is 14.7. The summed E-state index contributed by atoms with van der Waals surface area (Å²) in [6.45, 7) is 3.99. The number of anilines is 1. The fraction of sp³-hybridized carbons (Fsp3) is 0.0800. The standard InChI is InChI=1S/C25H19ClN4O/c1-15-9-11-17(12-10-15)30-28-23-13-16(2)22(14-24(23)29-30)27-25(31)20-7-3-6-19-18(20)5-4-8-21(19)26/h3-14H,1-2H3,(H,27,31). The number of halogens is 1. The van der Waals surface area contributed by atoms with Crippen LogP contribution in [0.15, 0.2) is 72.8 Å². The Morgan fingerprint density at radius 1 is 0.871 bits per heavy atom. The molecule has 5 rings (SSSR count). The molecule has 0 aliphatic carbocycles. The van der Waals surface area contributed by atoms with E-state index >= 15 is 0 Å². The van der Waals surface area contributed by atoms with Gasteiger partial charge in [-0.1, -0.05) is 53.6 Å². The van der Waals surface area contributed by atoms with Crippen LogP contribution in [0.4, 0.5) is 5.69 Å². The van der Waals surface area contributed by atoms with Crippen LogP contribution in [0.2, 0.25) is 5.02 Å². The zero-order valence-corrected chi connectivity index (χ0v) is 17.8. The third kappa shape index (κ3) is 3.53. The number of hydrogen-bond donors (Lipinski definition) is 1. The molecule has 0 unspecified atom stereocenters. The number of carbonyl (C=O) groups excluding carboxylic acids is 1. The number of hydrogen-bond acceptors (Lipinski definition) is 3. The zero-order valence-electron chi connectivity index (χ0n) is 17.1. The molecule has 1 amide bonds. The summed E-state index contributed by atoms with van der Waals surface area (Å²) >= 11 is 6.30. The number of amides is 1. The van der Waals surface area contributed by atoms with Gasteiger partial charge in [0, 0.05) is 21.7 Å². The Hall–Kier alpha value is -3.70. The van der Waals surface area contributed by atoms with Crippen LogP contribution in [0.1, 0.15) is 21.5 Å². The van der Waals surface area contributed by atoms with Crippen molar-refractivity contribution in [1.29, 1.82) is 0 Å². The molecule has 0 fully saturated rings. The van der Waals surface area contributed by atoms with E-state index in [1.54, 1.807) is 10.9 Å². The second-order valence-electron chi connectivity index (χ2n) is 7.58. The molecule has 0 spiro atoms. The fourth-order valence-electron chi connectivity index (χ4n) is 3.66. The molecule has 0 aliphatic rings. The maximum atomic E-state index is 13.1. The SMILES string of the molecule is Cc1ccc(-n2nc3cc(C)c(NC(=O)c4cccc5c(Cl)cccc45)cc3n2)cc1. The van der Waals surface area contributed by atoms with Crippen LogP contribution < -0.4 is 5.32 Å². The predicted octanol–water partition coefficient (Wildman–Crippen LogP) is 6.10. The fourth-order valence-corrected chi connectivity index (χ4v) is 3.89. The molecule has 1 heterocycles. The monoisotopic (exact) mass is 426 g/mol. The lowest BCUT2D eigenvalue weighted by Crippen LogP contribution is -2.13. The maximum absolute atomic E-state index is 13.1. The van der Waals surface area contributed by atoms with Gasteiger partial charge < -0.3 is 5.32 Å². The van der Waals surface area contributed by atoms with Crippen LogP contribution in [0.25, 0.3) is 27.5 Å². The van der Waals surface area contributed by atoms with Crippen molar-refractivity contribution in [2.75, 3.05) is 5.32 Å². The third-order valence-electron chi connectivity index (χ3n) is 5.35. The van der Waals surface area contributed by atoms with Crippen molar-refractivity contribution in [2.24, 2.45) is 0 Å². The largest absolute Gasteiger partial charge is 0.322 e. The maximum Gasteiger partial charge on any atom is 0.256 e. The summed E-state index contributed by atoms with van der Waals surface area (Å²) in [6, 6.07) is 22.9. The van der Waals surface area contributed by atoms with E-state index in [0.717, 1.165) is 27.5 Å². The van der Waals surface area contributed by atoms with Gasteiger partial charge in [0.05, 0.1) is 5.69 Å². The number of nitrogens with one attached hydrogen (secondary N) is 1. The van der Waals surface area contributed by atoms with E-state index < -0.39 is 0 Å².